The van der Waals surface area contributed by atoms with Crippen molar-refractivity contribution in [1.29, 1.82) is 0 Å². The van der Waals surface area contributed by atoms with Gasteiger partial charge in [0.1, 0.15) is 11.2 Å². The highest BCUT2D eigenvalue weighted by Gasteiger charge is 2.14. The average Bonchev–Trinajstić information content (AvgIpc) is 2.81. The van der Waals surface area contributed by atoms with Crippen molar-refractivity contribution in [2.24, 2.45) is 7.05 Å². The van der Waals surface area contributed by atoms with Crippen LogP contribution < -0.4 is 5.56 Å². The Morgan fingerprint density at radius 2 is 2.00 bits per heavy atom. The van der Waals surface area contributed by atoms with Crippen molar-refractivity contribution in [3.05, 3.63) is 52.7 Å². The molecule has 0 fully saturated rings. The first-order valence-electron chi connectivity index (χ1n) is 5.77. The Balaban J connectivity index is 2.41. The van der Waals surface area contributed by atoms with Crippen LogP contribution in [0.15, 0.2) is 41.3 Å². The van der Waals surface area contributed by atoms with Crippen LogP contribution in [0.3, 0.4) is 0 Å². The lowest BCUT2D eigenvalue weighted by molar-refractivity contribution is 0.775. The van der Waals surface area contributed by atoms with E-state index in [2.05, 4.69) is 10.1 Å². The Morgan fingerprint density at radius 3 is 2.68 bits per heavy atom. The summed E-state index contributed by atoms with van der Waals surface area (Å²) in [5.41, 5.74) is 1.15. The van der Waals surface area contributed by atoms with Gasteiger partial charge < -0.3 is 0 Å². The molecule has 0 saturated heterocycles. The van der Waals surface area contributed by atoms with Crippen LogP contribution in [-0.4, -0.2) is 19.3 Å². The van der Waals surface area contributed by atoms with Crippen molar-refractivity contribution in [2.45, 2.75) is 5.88 Å². The fourth-order valence-corrected chi connectivity index (χ4v) is 2.24. The Labute approximate surface area is 114 Å². The van der Waals surface area contributed by atoms with Gasteiger partial charge in [-0.3, -0.25) is 14.0 Å². The standard InChI is InChI=1S/C13H11ClN4O/c1-17-12-10(8-15-17)13(19)18(11(7-14)16-12)9-5-3-2-4-6-9/h2-6,8H,7H2,1H3. The number of nitrogens with zero attached hydrogens (tertiary/aromatic N) is 4. The molecule has 6 heteroatoms. The van der Waals surface area contributed by atoms with Crippen LogP contribution in [0.5, 0.6) is 0 Å². The predicted molar refractivity (Wildman–Crippen MR) is 73.7 cm³/mol. The molecular weight excluding hydrogens is 264 g/mol. The van der Waals surface area contributed by atoms with E-state index in [9.17, 15) is 4.79 Å². The van der Waals surface area contributed by atoms with Gasteiger partial charge in [-0.1, -0.05) is 18.2 Å². The lowest BCUT2D eigenvalue weighted by Gasteiger charge is -2.10. The van der Waals surface area contributed by atoms with Crippen molar-refractivity contribution in [2.75, 3.05) is 0 Å². The van der Waals surface area contributed by atoms with E-state index in [0.29, 0.717) is 16.9 Å². The van der Waals surface area contributed by atoms with E-state index in [1.54, 1.807) is 11.7 Å². The summed E-state index contributed by atoms with van der Waals surface area (Å²) in [6.07, 6.45) is 1.53. The minimum absolute atomic E-state index is 0.153. The number of alkyl halides is 1. The number of benzene rings is 1. The molecule has 2 aromatic heterocycles. The first-order valence-corrected chi connectivity index (χ1v) is 6.31. The lowest BCUT2D eigenvalue weighted by Crippen LogP contribution is -2.23. The van der Waals surface area contributed by atoms with Crippen LogP contribution >= 0.6 is 11.6 Å². The fraction of sp³-hybridized carbons (Fsp3) is 0.154. The molecule has 0 atom stereocenters. The van der Waals surface area contributed by atoms with Crippen molar-refractivity contribution < 1.29 is 0 Å². The molecule has 0 spiro atoms. The molecule has 1 aromatic carbocycles. The van der Waals surface area contributed by atoms with Crippen molar-refractivity contribution >= 4 is 22.6 Å². The first-order chi connectivity index (χ1) is 9.22. The summed E-state index contributed by atoms with van der Waals surface area (Å²) in [6, 6.07) is 9.33. The molecule has 3 aromatic rings. The molecule has 0 aliphatic heterocycles. The second kappa shape index (κ2) is 4.51. The number of hydrogen-bond acceptors (Lipinski definition) is 3. The summed E-state index contributed by atoms with van der Waals surface area (Å²) < 4.78 is 3.10. The average molecular weight is 275 g/mol. The highest BCUT2D eigenvalue weighted by atomic mass is 35.5. The molecule has 0 saturated carbocycles. The van der Waals surface area contributed by atoms with Gasteiger partial charge in [0, 0.05) is 7.05 Å². The van der Waals surface area contributed by atoms with Gasteiger partial charge in [0.15, 0.2) is 5.65 Å². The van der Waals surface area contributed by atoms with Gasteiger partial charge in [0.05, 0.1) is 17.8 Å². The van der Waals surface area contributed by atoms with Crippen LogP contribution in [0.1, 0.15) is 5.82 Å². The number of rotatable bonds is 2. The van der Waals surface area contributed by atoms with Gasteiger partial charge in [0.25, 0.3) is 5.56 Å². The number of aryl methyl sites for hydroxylation is 1. The molecule has 19 heavy (non-hydrogen) atoms. The molecule has 0 aliphatic rings. The maximum Gasteiger partial charge on any atom is 0.269 e. The topological polar surface area (TPSA) is 52.7 Å². The predicted octanol–water partition coefficient (Wildman–Crippen LogP) is 1.86. The summed E-state index contributed by atoms with van der Waals surface area (Å²) in [5.74, 6) is 0.666. The highest BCUT2D eigenvalue weighted by Crippen LogP contribution is 2.13. The normalized spacial score (nSPS) is 11.1. The minimum Gasteiger partial charge on any atom is -0.268 e. The molecule has 0 bridgehead atoms. The number of para-hydroxylation sites is 1. The van der Waals surface area contributed by atoms with Gasteiger partial charge in [-0.2, -0.15) is 5.10 Å². The van der Waals surface area contributed by atoms with E-state index in [0.717, 1.165) is 5.69 Å². The smallest absolute Gasteiger partial charge is 0.268 e. The Bertz CT molecular complexity index is 792. The zero-order chi connectivity index (χ0) is 13.4. The Kier molecular flexibility index (Phi) is 2.83. The molecule has 0 N–H and O–H groups in total. The second-order valence-electron chi connectivity index (χ2n) is 4.14. The minimum atomic E-state index is -0.153. The monoisotopic (exact) mass is 274 g/mol. The third-order valence-electron chi connectivity index (χ3n) is 2.97. The molecule has 0 aliphatic carbocycles. The lowest BCUT2D eigenvalue weighted by atomic mass is 10.3. The van der Waals surface area contributed by atoms with Gasteiger partial charge in [0.2, 0.25) is 0 Å². The summed E-state index contributed by atoms with van der Waals surface area (Å²) in [5, 5.41) is 4.55. The molecule has 0 unspecified atom stereocenters. The third kappa shape index (κ3) is 1.82. The maximum absolute atomic E-state index is 12.5. The molecule has 96 valence electrons. The molecular formula is C13H11ClN4O. The summed E-state index contributed by atoms with van der Waals surface area (Å²) in [6.45, 7) is 0. The zero-order valence-electron chi connectivity index (χ0n) is 10.2. The van der Waals surface area contributed by atoms with E-state index in [4.69, 9.17) is 11.6 Å². The van der Waals surface area contributed by atoms with Crippen LogP contribution in [0.2, 0.25) is 0 Å². The largest absolute Gasteiger partial charge is 0.269 e. The summed E-state index contributed by atoms with van der Waals surface area (Å²) in [4.78, 5) is 17.0. The summed E-state index contributed by atoms with van der Waals surface area (Å²) >= 11 is 5.92. The number of aromatic nitrogens is 4. The van der Waals surface area contributed by atoms with Crippen molar-refractivity contribution in [1.82, 2.24) is 19.3 Å². The maximum atomic E-state index is 12.5. The highest BCUT2D eigenvalue weighted by molar-refractivity contribution is 6.16. The van der Waals surface area contributed by atoms with Crippen LogP contribution in [0, 0.1) is 0 Å². The first kappa shape index (κ1) is 11.9. The molecule has 0 amide bonds. The van der Waals surface area contributed by atoms with Crippen LogP contribution in [0.25, 0.3) is 16.7 Å². The third-order valence-corrected chi connectivity index (χ3v) is 3.21. The second-order valence-corrected chi connectivity index (χ2v) is 4.41. The van der Waals surface area contributed by atoms with Crippen molar-refractivity contribution in [3.8, 4) is 5.69 Å². The van der Waals surface area contributed by atoms with E-state index in [1.165, 1.54) is 10.8 Å². The number of hydrogen-bond donors (Lipinski definition) is 0. The van der Waals surface area contributed by atoms with Gasteiger partial charge in [-0.25, -0.2) is 4.98 Å². The molecule has 3 rings (SSSR count). The van der Waals surface area contributed by atoms with Crippen LogP contribution in [0.4, 0.5) is 0 Å². The zero-order valence-corrected chi connectivity index (χ0v) is 11.0. The van der Waals surface area contributed by atoms with Gasteiger partial charge in [-0.05, 0) is 12.1 Å². The van der Waals surface area contributed by atoms with E-state index in [1.807, 2.05) is 30.3 Å². The molecule has 2 heterocycles. The number of halogens is 1. The summed E-state index contributed by atoms with van der Waals surface area (Å²) in [7, 11) is 1.75. The fourth-order valence-electron chi connectivity index (χ4n) is 2.06. The Hall–Kier alpha value is -2.14. The van der Waals surface area contributed by atoms with E-state index >= 15 is 0 Å². The molecule has 5 nitrogen and oxygen atoms in total. The SMILES string of the molecule is Cn1ncc2c(=O)n(-c3ccccc3)c(CCl)nc21. The van der Waals surface area contributed by atoms with Gasteiger partial charge in [-0.15, -0.1) is 11.6 Å². The van der Waals surface area contributed by atoms with Crippen molar-refractivity contribution in [3.63, 3.8) is 0 Å². The van der Waals surface area contributed by atoms with E-state index < -0.39 is 0 Å². The Morgan fingerprint density at radius 1 is 1.26 bits per heavy atom. The quantitative estimate of drug-likeness (QED) is 0.670. The number of fused-ring (bicyclic) bond motifs is 1. The van der Waals surface area contributed by atoms with E-state index in [-0.39, 0.29) is 11.4 Å². The van der Waals surface area contributed by atoms with Crippen LogP contribution in [-0.2, 0) is 12.9 Å². The molecule has 0 radical (unpaired) electrons. The van der Waals surface area contributed by atoms with Gasteiger partial charge >= 0.3 is 0 Å².